The van der Waals surface area contributed by atoms with Crippen LogP contribution in [0.25, 0.3) is 0 Å². The first kappa shape index (κ1) is 18.4. The summed E-state index contributed by atoms with van der Waals surface area (Å²) in [5, 5.41) is 1.16. The first-order valence-corrected chi connectivity index (χ1v) is 9.46. The fourth-order valence-electron chi connectivity index (χ4n) is 3.00. The van der Waals surface area contributed by atoms with Gasteiger partial charge >= 0.3 is 0 Å². The van der Waals surface area contributed by atoms with Gasteiger partial charge in [0.1, 0.15) is 5.82 Å². The maximum absolute atomic E-state index is 13.9. The molecule has 0 spiro atoms. The average molecular weight is 392 g/mol. The molecular formula is C22H17FN2O2S. The third-order valence-corrected chi connectivity index (χ3v) is 5.60. The molecule has 0 fully saturated rings. The molecule has 1 amide bonds. The number of benzene rings is 3. The van der Waals surface area contributed by atoms with Gasteiger partial charge in [0.2, 0.25) is 0 Å². The van der Waals surface area contributed by atoms with Crippen LogP contribution in [0.4, 0.5) is 10.1 Å². The molecule has 0 aliphatic carbocycles. The zero-order chi connectivity index (χ0) is 19.7. The number of fused-ring (bicyclic) bond motifs is 2. The number of carbonyl (C=O) groups excluding carboxylic acids is 1. The van der Waals surface area contributed by atoms with Gasteiger partial charge in [0.25, 0.3) is 5.91 Å². The highest BCUT2D eigenvalue weighted by atomic mass is 32.2. The Morgan fingerprint density at radius 2 is 1.86 bits per heavy atom. The Bertz CT molecular complexity index is 1100. The molecule has 6 heteroatoms. The van der Waals surface area contributed by atoms with Crippen LogP contribution in [-0.2, 0) is 4.84 Å². The number of carbonyl (C=O) groups is 1. The van der Waals surface area contributed by atoms with Crippen molar-refractivity contribution in [2.45, 2.75) is 9.79 Å². The lowest BCUT2D eigenvalue weighted by Gasteiger charge is -2.14. The number of hydrogen-bond donors (Lipinski definition) is 0. The van der Waals surface area contributed by atoms with Gasteiger partial charge in [-0.05, 0) is 36.4 Å². The highest BCUT2D eigenvalue weighted by molar-refractivity contribution is 7.99. The Labute approximate surface area is 166 Å². The minimum absolute atomic E-state index is 0.264. The fourth-order valence-corrected chi connectivity index (χ4v) is 4.00. The van der Waals surface area contributed by atoms with Crippen molar-refractivity contribution >= 4 is 29.1 Å². The molecule has 28 heavy (non-hydrogen) atoms. The van der Waals surface area contributed by atoms with E-state index in [4.69, 9.17) is 9.83 Å². The van der Waals surface area contributed by atoms with Crippen LogP contribution >= 0.6 is 11.8 Å². The number of aliphatic imine (C=N–C) groups is 1. The van der Waals surface area contributed by atoms with Gasteiger partial charge in [-0.2, -0.15) is 0 Å². The SMILES string of the molecule is CON(C)C(=O)c1ccc2c(c1)N=C(c1cccc(F)c1)c1ccccc1S2. The summed E-state index contributed by atoms with van der Waals surface area (Å²) in [7, 11) is 2.99. The van der Waals surface area contributed by atoms with Gasteiger partial charge in [0, 0.05) is 33.5 Å². The van der Waals surface area contributed by atoms with E-state index in [1.807, 2.05) is 36.4 Å². The summed E-state index contributed by atoms with van der Waals surface area (Å²) in [6.07, 6.45) is 0. The van der Waals surface area contributed by atoms with E-state index in [1.165, 1.54) is 19.2 Å². The van der Waals surface area contributed by atoms with E-state index in [2.05, 4.69) is 0 Å². The number of halogens is 1. The number of hydrogen-bond acceptors (Lipinski definition) is 4. The van der Waals surface area contributed by atoms with Gasteiger partial charge in [0.15, 0.2) is 0 Å². The molecule has 1 aliphatic rings. The lowest BCUT2D eigenvalue weighted by molar-refractivity contribution is -0.0756. The van der Waals surface area contributed by atoms with Crippen LogP contribution in [0.15, 0.2) is 81.5 Å². The van der Waals surface area contributed by atoms with E-state index < -0.39 is 0 Å². The highest BCUT2D eigenvalue weighted by Gasteiger charge is 2.21. The van der Waals surface area contributed by atoms with Gasteiger partial charge < -0.3 is 0 Å². The lowest BCUT2D eigenvalue weighted by Crippen LogP contribution is -2.25. The quantitative estimate of drug-likeness (QED) is 0.456. The molecule has 0 atom stereocenters. The molecule has 3 aromatic rings. The lowest BCUT2D eigenvalue weighted by atomic mass is 10.0. The molecule has 0 saturated heterocycles. The second kappa shape index (κ2) is 7.58. The molecule has 1 aliphatic heterocycles. The standard InChI is InChI=1S/C22H17FN2O2S/c1-25(27-2)22(26)15-10-11-20-18(13-15)24-21(14-6-5-7-16(23)12-14)17-8-3-4-9-19(17)28-20/h3-13H,1-2H3. The maximum Gasteiger partial charge on any atom is 0.277 e. The Kier molecular flexibility index (Phi) is 4.98. The molecule has 4 nitrogen and oxygen atoms in total. The van der Waals surface area contributed by atoms with Crippen LogP contribution in [0.5, 0.6) is 0 Å². The van der Waals surface area contributed by atoms with Crippen molar-refractivity contribution in [1.29, 1.82) is 0 Å². The Morgan fingerprint density at radius 3 is 2.64 bits per heavy atom. The highest BCUT2D eigenvalue weighted by Crippen LogP contribution is 2.41. The van der Waals surface area contributed by atoms with Gasteiger partial charge in [-0.1, -0.05) is 42.1 Å². The molecule has 0 unspecified atom stereocenters. The number of hydroxylamine groups is 2. The molecule has 3 aromatic carbocycles. The number of rotatable bonds is 3. The molecule has 0 aromatic heterocycles. The van der Waals surface area contributed by atoms with Gasteiger partial charge in [-0.3, -0.25) is 9.63 Å². The summed E-state index contributed by atoms with van der Waals surface area (Å²) in [4.78, 5) is 24.2. The van der Waals surface area contributed by atoms with Crippen LogP contribution in [0.2, 0.25) is 0 Å². The zero-order valence-corrected chi connectivity index (χ0v) is 16.2. The zero-order valence-electron chi connectivity index (χ0n) is 15.3. The summed E-state index contributed by atoms with van der Waals surface area (Å²) >= 11 is 1.58. The number of nitrogens with zero attached hydrogens (tertiary/aromatic N) is 2. The average Bonchev–Trinajstić information content (AvgIpc) is 2.88. The largest absolute Gasteiger partial charge is 0.277 e. The third kappa shape index (κ3) is 3.44. The van der Waals surface area contributed by atoms with E-state index in [0.29, 0.717) is 22.5 Å². The van der Waals surface area contributed by atoms with Crippen molar-refractivity contribution in [3.63, 3.8) is 0 Å². The van der Waals surface area contributed by atoms with E-state index in [9.17, 15) is 9.18 Å². The van der Waals surface area contributed by atoms with E-state index in [0.717, 1.165) is 20.4 Å². The Balaban J connectivity index is 1.90. The minimum atomic E-state index is -0.319. The van der Waals surface area contributed by atoms with E-state index in [1.54, 1.807) is 37.0 Å². The minimum Gasteiger partial charge on any atom is -0.274 e. The summed E-state index contributed by atoms with van der Waals surface area (Å²) < 4.78 is 13.9. The van der Waals surface area contributed by atoms with Crippen LogP contribution in [0, 0.1) is 5.82 Å². The predicted molar refractivity (Wildman–Crippen MR) is 108 cm³/mol. The molecule has 0 N–H and O–H groups in total. The Morgan fingerprint density at radius 1 is 1.04 bits per heavy atom. The molecule has 0 saturated carbocycles. The second-order valence-electron chi connectivity index (χ2n) is 6.24. The number of amides is 1. The first-order valence-electron chi connectivity index (χ1n) is 8.65. The van der Waals surface area contributed by atoms with E-state index in [-0.39, 0.29) is 11.7 Å². The van der Waals surface area contributed by atoms with Gasteiger partial charge in [0.05, 0.1) is 18.5 Å². The Hall–Kier alpha value is -2.96. The van der Waals surface area contributed by atoms with Crippen molar-refractivity contribution in [2.75, 3.05) is 14.2 Å². The van der Waals surface area contributed by atoms with Crippen LogP contribution in [0.1, 0.15) is 21.5 Å². The van der Waals surface area contributed by atoms with Crippen LogP contribution < -0.4 is 0 Å². The topological polar surface area (TPSA) is 41.9 Å². The van der Waals surface area contributed by atoms with Crippen molar-refractivity contribution in [1.82, 2.24) is 5.06 Å². The summed E-state index contributed by atoms with van der Waals surface area (Å²) in [6, 6.07) is 19.7. The van der Waals surface area contributed by atoms with Crippen molar-refractivity contribution < 1.29 is 14.0 Å². The van der Waals surface area contributed by atoms with Crippen molar-refractivity contribution in [2.24, 2.45) is 4.99 Å². The van der Waals surface area contributed by atoms with Crippen LogP contribution in [0.3, 0.4) is 0 Å². The first-order chi connectivity index (χ1) is 13.6. The molecule has 140 valence electrons. The fraction of sp³-hybridized carbons (Fsp3) is 0.0909. The molecule has 0 radical (unpaired) electrons. The predicted octanol–water partition coefficient (Wildman–Crippen LogP) is 5.09. The third-order valence-electron chi connectivity index (χ3n) is 4.46. The van der Waals surface area contributed by atoms with Crippen molar-refractivity contribution in [3.8, 4) is 0 Å². The summed E-state index contributed by atoms with van der Waals surface area (Å²) in [6.45, 7) is 0. The molecular weight excluding hydrogens is 375 g/mol. The maximum atomic E-state index is 13.9. The smallest absolute Gasteiger partial charge is 0.274 e. The second-order valence-corrected chi connectivity index (χ2v) is 7.32. The van der Waals surface area contributed by atoms with E-state index >= 15 is 0 Å². The molecule has 4 rings (SSSR count). The van der Waals surface area contributed by atoms with Crippen LogP contribution in [-0.4, -0.2) is 30.8 Å². The van der Waals surface area contributed by atoms with Gasteiger partial charge in [-0.15, -0.1) is 0 Å². The summed E-state index contributed by atoms with van der Waals surface area (Å²) in [5.41, 5.74) is 3.42. The molecule has 0 bridgehead atoms. The van der Waals surface area contributed by atoms with Gasteiger partial charge in [-0.25, -0.2) is 14.4 Å². The molecule has 1 heterocycles. The normalized spacial score (nSPS) is 12.5. The van der Waals surface area contributed by atoms with Crippen molar-refractivity contribution in [3.05, 3.63) is 89.2 Å². The monoisotopic (exact) mass is 392 g/mol. The summed E-state index contributed by atoms with van der Waals surface area (Å²) in [5.74, 6) is -0.583.